The summed E-state index contributed by atoms with van der Waals surface area (Å²) in [6, 6.07) is 14.3. The lowest BCUT2D eigenvalue weighted by Crippen LogP contribution is -2.50. The number of rotatable bonds is 4. The molecule has 0 radical (unpaired) electrons. The standard InChI is InChI=1S/C20H23N3O3/c1-2-26-18-10-6-4-8-16(18)20(25)23-13-11-22(12-14-23)19(24)15-7-3-5-9-17(15)21/h3-10H,2,11-14,21H2,1H3. The van der Waals surface area contributed by atoms with E-state index in [1.165, 1.54) is 0 Å². The second-order valence-corrected chi connectivity index (χ2v) is 6.10. The fourth-order valence-electron chi connectivity index (χ4n) is 3.07. The van der Waals surface area contributed by atoms with Gasteiger partial charge in [-0.15, -0.1) is 0 Å². The zero-order valence-corrected chi connectivity index (χ0v) is 14.9. The molecule has 0 aliphatic carbocycles. The average Bonchev–Trinajstić information content (AvgIpc) is 2.68. The van der Waals surface area contributed by atoms with Gasteiger partial charge in [0, 0.05) is 31.9 Å². The van der Waals surface area contributed by atoms with Crippen LogP contribution in [0, 0.1) is 0 Å². The summed E-state index contributed by atoms with van der Waals surface area (Å²) < 4.78 is 5.55. The number of hydrogen-bond acceptors (Lipinski definition) is 4. The van der Waals surface area contributed by atoms with Crippen molar-refractivity contribution in [2.75, 3.05) is 38.5 Å². The van der Waals surface area contributed by atoms with Gasteiger partial charge in [-0.2, -0.15) is 0 Å². The first-order chi connectivity index (χ1) is 12.6. The summed E-state index contributed by atoms with van der Waals surface area (Å²) >= 11 is 0. The van der Waals surface area contributed by atoms with Gasteiger partial charge < -0.3 is 20.3 Å². The van der Waals surface area contributed by atoms with Crippen LogP contribution in [0.3, 0.4) is 0 Å². The summed E-state index contributed by atoms with van der Waals surface area (Å²) in [4.78, 5) is 28.9. The highest BCUT2D eigenvalue weighted by Crippen LogP contribution is 2.21. The molecule has 6 nitrogen and oxygen atoms in total. The number of ether oxygens (including phenoxy) is 1. The van der Waals surface area contributed by atoms with Crippen LogP contribution < -0.4 is 10.5 Å². The number of anilines is 1. The van der Waals surface area contributed by atoms with Crippen LogP contribution in [0.4, 0.5) is 5.69 Å². The molecule has 136 valence electrons. The summed E-state index contributed by atoms with van der Waals surface area (Å²) in [7, 11) is 0. The van der Waals surface area contributed by atoms with Crippen molar-refractivity contribution in [3.8, 4) is 5.75 Å². The first-order valence-electron chi connectivity index (χ1n) is 8.76. The molecule has 6 heteroatoms. The summed E-state index contributed by atoms with van der Waals surface area (Å²) in [5.41, 5.74) is 7.44. The van der Waals surface area contributed by atoms with E-state index in [9.17, 15) is 9.59 Å². The number of benzene rings is 2. The highest BCUT2D eigenvalue weighted by molar-refractivity contribution is 6.00. The number of amides is 2. The predicted molar refractivity (Wildman–Crippen MR) is 100 cm³/mol. The Bertz CT molecular complexity index is 798. The van der Waals surface area contributed by atoms with Crippen LogP contribution in [0.2, 0.25) is 0 Å². The smallest absolute Gasteiger partial charge is 0.257 e. The highest BCUT2D eigenvalue weighted by atomic mass is 16.5. The minimum Gasteiger partial charge on any atom is -0.493 e. The molecule has 26 heavy (non-hydrogen) atoms. The fourth-order valence-corrected chi connectivity index (χ4v) is 3.07. The molecule has 3 rings (SSSR count). The third kappa shape index (κ3) is 3.64. The van der Waals surface area contributed by atoms with Crippen molar-refractivity contribution in [3.05, 3.63) is 59.7 Å². The lowest BCUT2D eigenvalue weighted by molar-refractivity contribution is 0.0533. The lowest BCUT2D eigenvalue weighted by Gasteiger charge is -2.35. The van der Waals surface area contributed by atoms with Gasteiger partial charge >= 0.3 is 0 Å². The number of nitrogens with zero attached hydrogens (tertiary/aromatic N) is 2. The van der Waals surface area contributed by atoms with Gasteiger partial charge in [0.25, 0.3) is 11.8 Å². The Kier molecular flexibility index (Phi) is 5.41. The van der Waals surface area contributed by atoms with Crippen LogP contribution in [0.25, 0.3) is 0 Å². The molecule has 2 aromatic rings. The van der Waals surface area contributed by atoms with Gasteiger partial charge in [0.1, 0.15) is 5.75 Å². The van der Waals surface area contributed by atoms with E-state index in [1.54, 1.807) is 46.2 Å². The molecule has 1 fully saturated rings. The lowest BCUT2D eigenvalue weighted by atomic mass is 10.1. The first kappa shape index (κ1) is 17.8. The predicted octanol–water partition coefficient (Wildman–Crippen LogP) is 2.27. The summed E-state index contributed by atoms with van der Waals surface area (Å²) in [6.07, 6.45) is 0. The van der Waals surface area contributed by atoms with Crippen molar-refractivity contribution in [1.82, 2.24) is 9.80 Å². The number of carbonyl (C=O) groups is 2. The molecular formula is C20H23N3O3. The van der Waals surface area contributed by atoms with E-state index in [0.717, 1.165) is 0 Å². The molecule has 2 N–H and O–H groups in total. The summed E-state index contributed by atoms with van der Waals surface area (Å²) in [5.74, 6) is 0.431. The van der Waals surface area contributed by atoms with Crippen LogP contribution in [0.15, 0.2) is 48.5 Å². The minimum absolute atomic E-state index is 0.0691. The monoisotopic (exact) mass is 353 g/mol. The van der Waals surface area contributed by atoms with Crippen LogP contribution in [0.1, 0.15) is 27.6 Å². The maximum atomic E-state index is 12.8. The Morgan fingerprint density at radius 2 is 1.38 bits per heavy atom. The molecule has 1 saturated heterocycles. The van der Waals surface area contributed by atoms with Gasteiger partial charge in [0.05, 0.1) is 17.7 Å². The number of nitrogens with two attached hydrogens (primary N) is 1. The average molecular weight is 353 g/mol. The maximum absolute atomic E-state index is 12.8. The van der Waals surface area contributed by atoms with Crippen LogP contribution in [0.5, 0.6) is 5.75 Å². The van der Waals surface area contributed by atoms with Crippen molar-refractivity contribution in [2.24, 2.45) is 0 Å². The maximum Gasteiger partial charge on any atom is 0.257 e. The topological polar surface area (TPSA) is 75.9 Å². The third-order valence-corrected chi connectivity index (χ3v) is 4.46. The van der Waals surface area contributed by atoms with Crippen LogP contribution in [-0.4, -0.2) is 54.4 Å². The Labute approximate surface area is 153 Å². The van der Waals surface area contributed by atoms with Gasteiger partial charge in [0.15, 0.2) is 0 Å². The SMILES string of the molecule is CCOc1ccccc1C(=O)N1CCN(C(=O)c2ccccc2N)CC1. The molecule has 0 aromatic heterocycles. The normalized spacial score (nSPS) is 14.2. The van der Waals surface area contributed by atoms with E-state index < -0.39 is 0 Å². The molecule has 0 unspecified atom stereocenters. The van der Waals surface area contributed by atoms with E-state index in [1.807, 2.05) is 19.1 Å². The Morgan fingerprint density at radius 1 is 0.885 bits per heavy atom. The summed E-state index contributed by atoms with van der Waals surface area (Å²) in [6.45, 7) is 4.33. The molecule has 2 aromatic carbocycles. The molecule has 2 amide bonds. The van der Waals surface area contributed by atoms with Crippen molar-refractivity contribution < 1.29 is 14.3 Å². The van der Waals surface area contributed by atoms with E-state index in [2.05, 4.69) is 0 Å². The van der Waals surface area contributed by atoms with Gasteiger partial charge in [-0.3, -0.25) is 9.59 Å². The third-order valence-electron chi connectivity index (χ3n) is 4.46. The van der Waals surface area contributed by atoms with Crippen molar-refractivity contribution in [1.29, 1.82) is 0 Å². The van der Waals surface area contributed by atoms with Crippen molar-refractivity contribution in [2.45, 2.75) is 6.92 Å². The van der Waals surface area contributed by atoms with Crippen molar-refractivity contribution >= 4 is 17.5 Å². The number of hydrogen-bond donors (Lipinski definition) is 1. The van der Waals surface area contributed by atoms with E-state index >= 15 is 0 Å². The molecule has 0 spiro atoms. The van der Waals surface area contributed by atoms with Gasteiger partial charge in [0.2, 0.25) is 0 Å². The fraction of sp³-hybridized carbons (Fsp3) is 0.300. The van der Waals surface area contributed by atoms with Crippen molar-refractivity contribution in [3.63, 3.8) is 0 Å². The van der Waals surface area contributed by atoms with Crippen LogP contribution in [-0.2, 0) is 0 Å². The molecule has 1 heterocycles. The van der Waals surface area contributed by atoms with E-state index in [-0.39, 0.29) is 11.8 Å². The van der Waals surface area contributed by atoms with Gasteiger partial charge in [-0.1, -0.05) is 24.3 Å². The van der Waals surface area contributed by atoms with Gasteiger partial charge in [-0.05, 0) is 31.2 Å². The molecule has 0 atom stereocenters. The highest BCUT2D eigenvalue weighted by Gasteiger charge is 2.27. The molecule has 1 aliphatic heterocycles. The Balaban J connectivity index is 1.66. The molecule has 0 bridgehead atoms. The second kappa shape index (κ2) is 7.91. The zero-order chi connectivity index (χ0) is 18.5. The van der Waals surface area contributed by atoms with E-state index in [4.69, 9.17) is 10.5 Å². The van der Waals surface area contributed by atoms with Gasteiger partial charge in [-0.25, -0.2) is 0 Å². The number of nitrogen functional groups attached to an aromatic ring is 1. The molecular weight excluding hydrogens is 330 g/mol. The number of carbonyl (C=O) groups excluding carboxylic acids is 2. The summed E-state index contributed by atoms with van der Waals surface area (Å²) in [5, 5.41) is 0. The molecule has 0 saturated carbocycles. The number of para-hydroxylation sites is 2. The second-order valence-electron chi connectivity index (χ2n) is 6.10. The van der Waals surface area contributed by atoms with E-state index in [0.29, 0.717) is 55.3 Å². The van der Waals surface area contributed by atoms with Crippen LogP contribution >= 0.6 is 0 Å². The minimum atomic E-state index is -0.0927. The molecule has 1 aliphatic rings. The zero-order valence-electron chi connectivity index (χ0n) is 14.9. The number of piperazine rings is 1. The first-order valence-corrected chi connectivity index (χ1v) is 8.76. The quantitative estimate of drug-likeness (QED) is 0.856. The Hall–Kier alpha value is -3.02. The Morgan fingerprint density at radius 3 is 1.96 bits per heavy atom. The largest absolute Gasteiger partial charge is 0.493 e.